The van der Waals surface area contributed by atoms with Gasteiger partial charge in [0, 0.05) is 11.8 Å². The van der Waals surface area contributed by atoms with Crippen LogP contribution in [0.2, 0.25) is 0 Å². The number of para-hydroxylation sites is 1. The molecule has 6 heteroatoms. The number of aromatic nitrogens is 4. The summed E-state index contributed by atoms with van der Waals surface area (Å²) in [5.41, 5.74) is 4.05. The summed E-state index contributed by atoms with van der Waals surface area (Å²) in [4.78, 5) is 0. The van der Waals surface area contributed by atoms with Gasteiger partial charge in [-0.05, 0) is 32.0 Å². The van der Waals surface area contributed by atoms with Gasteiger partial charge in [0.25, 0.3) is 0 Å². The van der Waals surface area contributed by atoms with Crippen LogP contribution in [-0.2, 0) is 13.1 Å². The maximum Gasteiger partial charge on any atom is 0.127 e. The second kappa shape index (κ2) is 6.66. The maximum absolute atomic E-state index is 9.15. The molecule has 0 aliphatic rings. The summed E-state index contributed by atoms with van der Waals surface area (Å²) in [7, 11) is 0. The van der Waals surface area contributed by atoms with E-state index in [0.29, 0.717) is 13.1 Å². The fraction of sp³-hybridized carbons (Fsp3) is 0.294. The van der Waals surface area contributed by atoms with Crippen LogP contribution in [0.15, 0.2) is 42.6 Å². The fourth-order valence-electron chi connectivity index (χ4n) is 2.51. The summed E-state index contributed by atoms with van der Waals surface area (Å²) in [6.45, 7) is 5.16. The topological polar surface area (TPSA) is 67.9 Å². The van der Waals surface area contributed by atoms with Gasteiger partial charge in [0.05, 0.1) is 36.8 Å². The van der Waals surface area contributed by atoms with Crippen LogP contribution in [0.1, 0.15) is 17.0 Å². The predicted molar refractivity (Wildman–Crippen MR) is 89.7 cm³/mol. The van der Waals surface area contributed by atoms with Crippen molar-refractivity contribution in [2.75, 3.05) is 11.9 Å². The van der Waals surface area contributed by atoms with Gasteiger partial charge in [0.15, 0.2) is 0 Å². The van der Waals surface area contributed by atoms with Crippen LogP contribution in [0.5, 0.6) is 0 Å². The van der Waals surface area contributed by atoms with E-state index in [1.54, 1.807) is 4.68 Å². The Morgan fingerprint density at radius 1 is 1.09 bits per heavy atom. The number of benzene rings is 1. The first-order chi connectivity index (χ1) is 11.2. The summed E-state index contributed by atoms with van der Waals surface area (Å²) in [5.74, 6) is 0.936. The van der Waals surface area contributed by atoms with Crippen LogP contribution < -0.4 is 5.32 Å². The molecular weight excluding hydrogens is 290 g/mol. The lowest BCUT2D eigenvalue weighted by molar-refractivity contribution is 0.270. The van der Waals surface area contributed by atoms with Crippen LogP contribution in [0.3, 0.4) is 0 Å². The minimum absolute atomic E-state index is 0.0673. The highest BCUT2D eigenvalue weighted by molar-refractivity contribution is 5.47. The molecule has 0 fully saturated rings. The molecule has 23 heavy (non-hydrogen) atoms. The largest absolute Gasteiger partial charge is 0.394 e. The third-order valence-electron chi connectivity index (χ3n) is 3.84. The Morgan fingerprint density at radius 2 is 1.87 bits per heavy atom. The Kier molecular flexibility index (Phi) is 4.43. The first-order valence-corrected chi connectivity index (χ1v) is 7.67. The van der Waals surface area contributed by atoms with Gasteiger partial charge in [0.2, 0.25) is 0 Å². The zero-order valence-corrected chi connectivity index (χ0v) is 13.4. The van der Waals surface area contributed by atoms with Gasteiger partial charge in [-0.1, -0.05) is 18.2 Å². The smallest absolute Gasteiger partial charge is 0.127 e. The SMILES string of the molecule is Cc1nn(CCO)c(NCc2ccn(-c3ccccc3)n2)c1C. The zero-order chi connectivity index (χ0) is 16.2. The fourth-order valence-corrected chi connectivity index (χ4v) is 2.51. The molecule has 0 radical (unpaired) electrons. The van der Waals surface area contributed by atoms with E-state index in [2.05, 4.69) is 15.5 Å². The minimum atomic E-state index is 0.0673. The van der Waals surface area contributed by atoms with Gasteiger partial charge < -0.3 is 10.4 Å². The first-order valence-electron chi connectivity index (χ1n) is 7.67. The van der Waals surface area contributed by atoms with Gasteiger partial charge >= 0.3 is 0 Å². The number of anilines is 1. The van der Waals surface area contributed by atoms with E-state index >= 15 is 0 Å². The van der Waals surface area contributed by atoms with Crippen molar-refractivity contribution >= 4 is 5.82 Å². The summed E-state index contributed by atoms with van der Waals surface area (Å²) in [5, 5.41) is 21.6. The van der Waals surface area contributed by atoms with Gasteiger partial charge in [-0.3, -0.25) is 0 Å². The summed E-state index contributed by atoms with van der Waals surface area (Å²) >= 11 is 0. The molecule has 0 aliphatic carbocycles. The van der Waals surface area contributed by atoms with Crippen molar-refractivity contribution in [3.05, 3.63) is 59.5 Å². The Labute approximate surface area is 135 Å². The number of hydrogen-bond acceptors (Lipinski definition) is 4. The highest BCUT2D eigenvalue weighted by atomic mass is 16.3. The number of aryl methyl sites for hydroxylation is 1. The number of rotatable bonds is 6. The van der Waals surface area contributed by atoms with Gasteiger partial charge in [0.1, 0.15) is 5.82 Å². The quantitative estimate of drug-likeness (QED) is 0.733. The van der Waals surface area contributed by atoms with E-state index in [4.69, 9.17) is 5.11 Å². The van der Waals surface area contributed by atoms with Crippen molar-refractivity contribution in [3.63, 3.8) is 0 Å². The number of nitrogens with one attached hydrogen (secondary N) is 1. The molecule has 0 bridgehead atoms. The van der Waals surface area contributed by atoms with E-state index in [0.717, 1.165) is 28.5 Å². The van der Waals surface area contributed by atoms with Crippen molar-refractivity contribution in [1.29, 1.82) is 0 Å². The van der Waals surface area contributed by atoms with Crippen molar-refractivity contribution in [2.24, 2.45) is 0 Å². The lowest BCUT2D eigenvalue weighted by Gasteiger charge is -2.09. The van der Waals surface area contributed by atoms with Crippen LogP contribution in [-0.4, -0.2) is 31.3 Å². The van der Waals surface area contributed by atoms with Crippen molar-refractivity contribution in [2.45, 2.75) is 26.9 Å². The van der Waals surface area contributed by atoms with Crippen LogP contribution >= 0.6 is 0 Å². The Balaban J connectivity index is 1.73. The molecule has 1 aromatic carbocycles. The summed E-state index contributed by atoms with van der Waals surface area (Å²) in [6.07, 6.45) is 1.95. The molecule has 3 rings (SSSR count). The molecule has 0 saturated carbocycles. The molecule has 2 aromatic heterocycles. The van der Waals surface area contributed by atoms with Gasteiger partial charge in [-0.25, -0.2) is 9.36 Å². The summed E-state index contributed by atoms with van der Waals surface area (Å²) < 4.78 is 3.67. The lowest BCUT2D eigenvalue weighted by Crippen LogP contribution is -2.11. The number of hydrogen-bond donors (Lipinski definition) is 2. The average Bonchev–Trinajstić information content (AvgIpc) is 3.13. The molecule has 0 aliphatic heterocycles. The van der Waals surface area contributed by atoms with Crippen LogP contribution in [0.4, 0.5) is 5.82 Å². The molecular formula is C17H21N5O. The average molecular weight is 311 g/mol. The van der Waals surface area contributed by atoms with Crippen LogP contribution in [0.25, 0.3) is 5.69 Å². The third kappa shape index (κ3) is 3.27. The summed E-state index contributed by atoms with van der Waals surface area (Å²) in [6, 6.07) is 12.0. The van der Waals surface area contributed by atoms with E-state index in [1.165, 1.54) is 0 Å². The molecule has 0 atom stereocenters. The third-order valence-corrected chi connectivity index (χ3v) is 3.84. The number of aliphatic hydroxyl groups is 1. The Hall–Kier alpha value is -2.60. The Morgan fingerprint density at radius 3 is 2.61 bits per heavy atom. The molecule has 0 unspecified atom stereocenters. The van der Waals surface area contributed by atoms with Crippen molar-refractivity contribution in [1.82, 2.24) is 19.6 Å². The molecule has 0 spiro atoms. The van der Waals surface area contributed by atoms with Crippen molar-refractivity contribution < 1.29 is 5.11 Å². The molecule has 0 saturated heterocycles. The molecule has 2 heterocycles. The second-order valence-corrected chi connectivity index (χ2v) is 5.45. The number of nitrogens with zero attached hydrogens (tertiary/aromatic N) is 4. The van der Waals surface area contributed by atoms with E-state index < -0.39 is 0 Å². The lowest BCUT2D eigenvalue weighted by atomic mass is 10.3. The highest BCUT2D eigenvalue weighted by Crippen LogP contribution is 2.19. The van der Waals surface area contributed by atoms with E-state index in [1.807, 2.05) is 61.1 Å². The second-order valence-electron chi connectivity index (χ2n) is 5.45. The molecule has 6 nitrogen and oxygen atoms in total. The minimum Gasteiger partial charge on any atom is -0.394 e. The highest BCUT2D eigenvalue weighted by Gasteiger charge is 2.11. The predicted octanol–water partition coefficient (Wildman–Crippen LogP) is 2.29. The Bertz CT molecular complexity index is 776. The number of aliphatic hydroxyl groups excluding tert-OH is 1. The van der Waals surface area contributed by atoms with Crippen LogP contribution in [0, 0.1) is 13.8 Å². The standard InChI is InChI=1S/C17H21N5O/c1-13-14(2)19-22(10-11-23)17(13)18-12-15-8-9-21(20-15)16-6-4-3-5-7-16/h3-9,18,23H,10-12H2,1-2H3. The normalized spacial score (nSPS) is 10.9. The maximum atomic E-state index is 9.15. The monoisotopic (exact) mass is 311 g/mol. The van der Waals surface area contributed by atoms with E-state index in [-0.39, 0.29) is 6.61 Å². The first kappa shape index (κ1) is 15.3. The molecule has 120 valence electrons. The van der Waals surface area contributed by atoms with Gasteiger partial charge in [-0.15, -0.1) is 0 Å². The van der Waals surface area contributed by atoms with Gasteiger partial charge in [-0.2, -0.15) is 10.2 Å². The zero-order valence-electron chi connectivity index (χ0n) is 13.4. The molecule has 3 aromatic rings. The van der Waals surface area contributed by atoms with E-state index in [9.17, 15) is 0 Å². The molecule has 2 N–H and O–H groups in total. The molecule has 0 amide bonds. The van der Waals surface area contributed by atoms with Crippen molar-refractivity contribution in [3.8, 4) is 5.69 Å².